The van der Waals surface area contributed by atoms with Crippen molar-refractivity contribution in [2.45, 2.75) is 20.0 Å². The third-order valence-electron chi connectivity index (χ3n) is 2.68. The second-order valence-corrected chi connectivity index (χ2v) is 5.55. The Hall–Kier alpha value is -1.85. The van der Waals surface area contributed by atoms with Crippen LogP contribution in [0.2, 0.25) is 5.02 Å². The van der Waals surface area contributed by atoms with Crippen LogP contribution in [0, 0.1) is 0 Å². The molecule has 0 bridgehead atoms. The van der Waals surface area contributed by atoms with E-state index in [0.717, 1.165) is 23.2 Å². The van der Waals surface area contributed by atoms with Gasteiger partial charge in [0, 0.05) is 17.0 Å². The predicted octanol–water partition coefficient (Wildman–Crippen LogP) is 4.04. The minimum atomic E-state index is -1.03. The molecular weight excluding hydrogens is 310 g/mol. The van der Waals surface area contributed by atoms with E-state index in [1.807, 2.05) is 5.38 Å². The number of benzene rings is 1. The molecule has 0 aliphatic carbocycles. The molecule has 2 aromatic rings. The standard InChI is InChI=1S/C15H14ClNO3S/c1-2-14-17-10(9-21-14)8-20-13-5-3-4-12(16)11(13)6-7-15(18)19/h3-7,9H,2,8H2,1H3,(H,18,19)/b7-6+. The summed E-state index contributed by atoms with van der Waals surface area (Å²) in [5, 5.41) is 12.2. The molecule has 0 aliphatic heterocycles. The molecule has 110 valence electrons. The third kappa shape index (κ3) is 4.31. The van der Waals surface area contributed by atoms with Crippen molar-refractivity contribution in [2.24, 2.45) is 0 Å². The Balaban J connectivity index is 2.15. The minimum Gasteiger partial charge on any atom is -0.487 e. The fourth-order valence-corrected chi connectivity index (χ4v) is 2.65. The second kappa shape index (κ2) is 7.24. The van der Waals surface area contributed by atoms with Gasteiger partial charge in [0.05, 0.1) is 15.7 Å². The average Bonchev–Trinajstić information content (AvgIpc) is 2.92. The van der Waals surface area contributed by atoms with E-state index in [9.17, 15) is 4.79 Å². The maximum Gasteiger partial charge on any atom is 0.328 e. The Morgan fingerprint density at radius 3 is 3.00 bits per heavy atom. The van der Waals surface area contributed by atoms with Gasteiger partial charge in [-0.05, 0) is 24.6 Å². The lowest BCUT2D eigenvalue weighted by atomic mass is 10.2. The molecule has 1 aromatic carbocycles. The summed E-state index contributed by atoms with van der Waals surface area (Å²) in [6.45, 7) is 2.37. The van der Waals surface area contributed by atoms with Gasteiger partial charge in [0.25, 0.3) is 0 Å². The fourth-order valence-electron chi connectivity index (χ4n) is 1.69. The van der Waals surface area contributed by atoms with Crippen LogP contribution in [0.4, 0.5) is 0 Å². The molecule has 21 heavy (non-hydrogen) atoms. The summed E-state index contributed by atoms with van der Waals surface area (Å²) in [5.74, 6) is -0.501. The van der Waals surface area contributed by atoms with Crippen LogP contribution in [0.5, 0.6) is 5.75 Å². The summed E-state index contributed by atoms with van der Waals surface area (Å²) in [5.41, 5.74) is 1.40. The predicted molar refractivity (Wildman–Crippen MR) is 83.9 cm³/mol. The molecule has 1 heterocycles. The van der Waals surface area contributed by atoms with Gasteiger partial charge in [-0.3, -0.25) is 0 Å². The van der Waals surface area contributed by atoms with E-state index in [1.165, 1.54) is 6.08 Å². The molecule has 0 spiro atoms. The molecule has 2 rings (SSSR count). The summed E-state index contributed by atoms with van der Waals surface area (Å²) < 4.78 is 5.71. The third-order valence-corrected chi connectivity index (χ3v) is 4.05. The largest absolute Gasteiger partial charge is 0.487 e. The highest BCUT2D eigenvalue weighted by atomic mass is 35.5. The number of aromatic nitrogens is 1. The maximum absolute atomic E-state index is 10.6. The summed E-state index contributed by atoms with van der Waals surface area (Å²) in [6, 6.07) is 5.20. The number of carboxylic acid groups (broad SMARTS) is 1. The number of rotatable bonds is 6. The Kier molecular flexibility index (Phi) is 5.36. The number of nitrogens with zero attached hydrogens (tertiary/aromatic N) is 1. The van der Waals surface area contributed by atoms with Gasteiger partial charge in [-0.2, -0.15) is 0 Å². The molecule has 6 heteroatoms. The molecule has 0 saturated carbocycles. The summed E-state index contributed by atoms with van der Waals surface area (Å²) in [6.07, 6.45) is 3.36. The summed E-state index contributed by atoms with van der Waals surface area (Å²) in [4.78, 5) is 15.0. The van der Waals surface area contributed by atoms with Crippen molar-refractivity contribution in [3.05, 3.63) is 50.9 Å². The first-order valence-electron chi connectivity index (χ1n) is 6.35. The fraction of sp³-hybridized carbons (Fsp3) is 0.200. The van der Waals surface area contributed by atoms with Gasteiger partial charge >= 0.3 is 5.97 Å². The highest BCUT2D eigenvalue weighted by Crippen LogP contribution is 2.28. The number of carboxylic acids is 1. The number of carbonyl (C=O) groups is 1. The van der Waals surface area contributed by atoms with E-state index < -0.39 is 5.97 Å². The first-order valence-corrected chi connectivity index (χ1v) is 7.61. The molecule has 0 atom stereocenters. The Labute approximate surface area is 131 Å². The number of thiazole rings is 1. The van der Waals surface area contributed by atoms with Gasteiger partial charge in [0.1, 0.15) is 12.4 Å². The van der Waals surface area contributed by atoms with Crippen LogP contribution < -0.4 is 4.74 Å². The highest BCUT2D eigenvalue weighted by Gasteiger charge is 2.08. The van der Waals surface area contributed by atoms with Crippen molar-refractivity contribution >= 4 is 35.0 Å². The normalized spacial score (nSPS) is 11.0. The van der Waals surface area contributed by atoms with E-state index in [2.05, 4.69) is 11.9 Å². The van der Waals surface area contributed by atoms with Crippen LogP contribution in [-0.2, 0) is 17.8 Å². The van der Waals surface area contributed by atoms with Gasteiger partial charge in [0.2, 0.25) is 0 Å². The number of hydrogen-bond acceptors (Lipinski definition) is 4. The summed E-state index contributed by atoms with van der Waals surface area (Å²) in [7, 11) is 0. The molecule has 0 amide bonds. The number of aliphatic carboxylic acids is 1. The van der Waals surface area contributed by atoms with E-state index in [4.69, 9.17) is 21.4 Å². The quantitative estimate of drug-likeness (QED) is 0.815. The lowest BCUT2D eigenvalue weighted by Gasteiger charge is -2.09. The molecule has 0 unspecified atom stereocenters. The van der Waals surface area contributed by atoms with E-state index >= 15 is 0 Å². The molecule has 4 nitrogen and oxygen atoms in total. The molecule has 0 saturated heterocycles. The van der Waals surface area contributed by atoms with Crippen molar-refractivity contribution in [1.82, 2.24) is 4.98 Å². The maximum atomic E-state index is 10.6. The first kappa shape index (κ1) is 15.5. The van der Waals surface area contributed by atoms with Crippen LogP contribution in [0.25, 0.3) is 6.08 Å². The van der Waals surface area contributed by atoms with Crippen molar-refractivity contribution in [3.8, 4) is 5.75 Å². The van der Waals surface area contributed by atoms with Gasteiger partial charge in [-0.15, -0.1) is 11.3 Å². The van der Waals surface area contributed by atoms with Gasteiger partial charge < -0.3 is 9.84 Å². The number of aryl methyl sites for hydroxylation is 1. The Bertz CT molecular complexity index is 667. The molecule has 0 fully saturated rings. The smallest absolute Gasteiger partial charge is 0.328 e. The molecule has 0 aliphatic rings. The number of ether oxygens (including phenoxy) is 1. The molecule has 0 radical (unpaired) electrons. The zero-order valence-corrected chi connectivity index (χ0v) is 12.9. The number of hydrogen-bond donors (Lipinski definition) is 1. The topological polar surface area (TPSA) is 59.4 Å². The molecule has 1 N–H and O–H groups in total. The average molecular weight is 324 g/mol. The minimum absolute atomic E-state index is 0.324. The first-order chi connectivity index (χ1) is 10.1. The van der Waals surface area contributed by atoms with Crippen LogP contribution in [-0.4, -0.2) is 16.1 Å². The Morgan fingerprint density at radius 1 is 1.52 bits per heavy atom. The van der Waals surface area contributed by atoms with E-state index in [1.54, 1.807) is 29.5 Å². The Morgan fingerprint density at radius 2 is 2.33 bits per heavy atom. The van der Waals surface area contributed by atoms with Crippen LogP contribution in [0.15, 0.2) is 29.7 Å². The van der Waals surface area contributed by atoms with Crippen LogP contribution in [0.1, 0.15) is 23.2 Å². The van der Waals surface area contributed by atoms with Crippen molar-refractivity contribution < 1.29 is 14.6 Å². The monoisotopic (exact) mass is 323 g/mol. The molecule has 1 aromatic heterocycles. The van der Waals surface area contributed by atoms with Gasteiger partial charge in [0.15, 0.2) is 0 Å². The highest BCUT2D eigenvalue weighted by molar-refractivity contribution is 7.09. The van der Waals surface area contributed by atoms with Gasteiger partial charge in [-0.25, -0.2) is 9.78 Å². The lowest BCUT2D eigenvalue weighted by Crippen LogP contribution is -1.98. The van der Waals surface area contributed by atoms with E-state index in [0.29, 0.717) is 22.9 Å². The van der Waals surface area contributed by atoms with Crippen molar-refractivity contribution in [1.29, 1.82) is 0 Å². The van der Waals surface area contributed by atoms with Crippen LogP contribution >= 0.6 is 22.9 Å². The van der Waals surface area contributed by atoms with Crippen molar-refractivity contribution in [3.63, 3.8) is 0 Å². The second-order valence-electron chi connectivity index (χ2n) is 4.20. The lowest BCUT2D eigenvalue weighted by molar-refractivity contribution is -0.131. The zero-order chi connectivity index (χ0) is 15.2. The number of halogens is 1. The molecular formula is C15H14ClNO3S. The van der Waals surface area contributed by atoms with E-state index in [-0.39, 0.29) is 0 Å². The van der Waals surface area contributed by atoms with Crippen molar-refractivity contribution in [2.75, 3.05) is 0 Å². The zero-order valence-electron chi connectivity index (χ0n) is 11.4. The SMILES string of the molecule is CCc1nc(COc2cccc(Cl)c2/C=C/C(=O)O)cs1. The van der Waals surface area contributed by atoms with Crippen LogP contribution in [0.3, 0.4) is 0 Å². The summed E-state index contributed by atoms with van der Waals surface area (Å²) >= 11 is 7.68. The van der Waals surface area contributed by atoms with Gasteiger partial charge in [-0.1, -0.05) is 24.6 Å².